The van der Waals surface area contributed by atoms with Gasteiger partial charge in [-0.1, -0.05) is 46.9 Å². The Morgan fingerprint density at radius 2 is 1.67 bits per heavy atom. The van der Waals surface area contributed by atoms with Crippen LogP contribution in [0, 0.1) is 0 Å². The molecular weight excluding hydrogens is 397 g/mol. The van der Waals surface area contributed by atoms with Crippen molar-refractivity contribution in [1.29, 1.82) is 0 Å². The molecule has 0 aliphatic heterocycles. The van der Waals surface area contributed by atoms with E-state index >= 15 is 0 Å². The van der Waals surface area contributed by atoms with Crippen LogP contribution >= 0.6 is 34.8 Å². The highest BCUT2D eigenvalue weighted by Gasteiger charge is 2.24. The van der Waals surface area contributed by atoms with Crippen LogP contribution in [0.2, 0.25) is 15.1 Å². The molecule has 0 saturated carbocycles. The van der Waals surface area contributed by atoms with Crippen molar-refractivity contribution in [2.24, 2.45) is 0 Å². The van der Waals surface area contributed by atoms with Crippen molar-refractivity contribution in [3.8, 4) is 0 Å². The number of carboxylic acid groups (broad SMARTS) is 1. The lowest BCUT2D eigenvalue weighted by molar-refractivity contribution is 0.0697. The first-order valence-corrected chi connectivity index (χ1v) is 9.29. The molecule has 0 atom stereocenters. The summed E-state index contributed by atoms with van der Waals surface area (Å²) in [6.07, 6.45) is 0.438. The summed E-state index contributed by atoms with van der Waals surface area (Å²) in [5, 5.41) is 9.13. The van der Waals surface area contributed by atoms with Gasteiger partial charge in [0.1, 0.15) is 4.90 Å². The molecule has 0 fully saturated rings. The third-order valence-corrected chi connectivity index (χ3v) is 5.75. The fraction of sp³-hybridized carbons (Fsp3) is 0.133. The highest BCUT2D eigenvalue weighted by atomic mass is 35.5. The second-order valence-corrected chi connectivity index (χ2v) is 7.77. The Kier molecular flexibility index (Phi) is 6.11. The Bertz CT molecular complexity index is 867. The van der Waals surface area contributed by atoms with Gasteiger partial charge in [0.05, 0.1) is 15.6 Å². The van der Waals surface area contributed by atoms with Gasteiger partial charge in [0.25, 0.3) is 0 Å². The van der Waals surface area contributed by atoms with Gasteiger partial charge in [-0.3, -0.25) is 0 Å². The minimum atomic E-state index is -3.97. The molecule has 24 heavy (non-hydrogen) atoms. The Morgan fingerprint density at radius 1 is 1.04 bits per heavy atom. The minimum absolute atomic E-state index is 0.116. The molecule has 9 heteroatoms. The molecule has 0 amide bonds. The third kappa shape index (κ3) is 4.40. The maximum absolute atomic E-state index is 12.3. The first-order chi connectivity index (χ1) is 11.2. The van der Waals surface area contributed by atoms with Crippen molar-refractivity contribution in [3.63, 3.8) is 0 Å². The lowest BCUT2D eigenvalue weighted by atomic mass is 10.2. The Balaban J connectivity index is 2.17. The van der Waals surface area contributed by atoms with Crippen LogP contribution < -0.4 is 4.72 Å². The first-order valence-electron chi connectivity index (χ1n) is 6.68. The van der Waals surface area contributed by atoms with E-state index in [4.69, 9.17) is 39.9 Å². The number of aromatic carboxylic acids is 1. The van der Waals surface area contributed by atoms with E-state index in [1.807, 2.05) is 0 Å². The molecule has 5 nitrogen and oxygen atoms in total. The highest BCUT2D eigenvalue weighted by Crippen LogP contribution is 2.31. The van der Waals surface area contributed by atoms with E-state index in [1.165, 1.54) is 12.1 Å². The molecule has 0 unspecified atom stereocenters. The molecule has 2 rings (SSSR count). The monoisotopic (exact) mass is 407 g/mol. The van der Waals surface area contributed by atoms with Crippen LogP contribution in [0.25, 0.3) is 0 Å². The molecule has 2 aromatic carbocycles. The van der Waals surface area contributed by atoms with Crippen molar-refractivity contribution in [2.75, 3.05) is 6.54 Å². The zero-order valence-corrected chi connectivity index (χ0v) is 15.2. The van der Waals surface area contributed by atoms with Gasteiger partial charge in [-0.15, -0.1) is 0 Å². The van der Waals surface area contributed by atoms with Crippen LogP contribution in [0.4, 0.5) is 0 Å². The molecule has 2 N–H and O–H groups in total. The highest BCUT2D eigenvalue weighted by molar-refractivity contribution is 7.89. The quantitative estimate of drug-likeness (QED) is 0.760. The summed E-state index contributed by atoms with van der Waals surface area (Å²) in [5.74, 6) is -1.40. The molecule has 2 aromatic rings. The number of hydrogen-bond acceptors (Lipinski definition) is 3. The number of hydrogen-bond donors (Lipinski definition) is 2. The SMILES string of the molecule is O=C(O)c1c(Cl)ccc(S(=O)(=O)NCCc2ccc(Cl)cc2)c1Cl. The van der Waals surface area contributed by atoms with Crippen LogP contribution in [0.3, 0.4) is 0 Å². The van der Waals surface area contributed by atoms with Crippen LogP contribution in [0.15, 0.2) is 41.3 Å². The molecule has 0 aromatic heterocycles. The zero-order valence-electron chi connectivity index (χ0n) is 12.1. The molecule has 0 radical (unpaired) electrons. The molecule has 128 valence electrons. The molecule has 0 spiro atoms. The average molecular weight is 409 g/mol. The summed E-state index contributed by atoms with van der Waals surface area (Å²) in [4.78, 5) is 10.8. The van der Waals surface area contributed by atoms with Gasteiger partial charge >= 0.3 is 5.97 Å². The van der Waals surface area contributed by atoms with Crippen molar-refractivity contribution in [1.82, 2.24) is 4.72 Å². The number of carbonyl (C=O) groups is 1. The van der Waals surface area contributed by atoms with Gasteiger partial charge in [0.15, 0.2) is 0 Å². The van der Waals surface area contributed by atoms with Gasteiger partial charge in [0.2, 0.25) is 10.0 Å². The fourth-order valence-corrected chi connectivity index (χ4v) is 4.07. The number of rotatable bonds is 6. The Morgan fingerprint density at radius 3 is 2.25 bits per heavy atom. The molecule has 0 saturated heterocycles. The van der Waals surface area contributed by atoms with Gasteiger partial charge in [-0.2, -0.15) is 0 Å². The van der Waals surface area contributed by atoms with Crippen molar-refractivity contribution in [2.45, 2.75) is 11.3 Å². The zero-order chi connectivity index (χ0) is 17.9. The standard InChI is InChI=1S/C15H12Cl3NO4S/c16-10-3-1-9(2-4-10)7-8-19-24(22,23)12-6-5-11(17)13(14(12)18)15(20)21/h1-6,19H,7-8H2,(H,20,21). The number of carboxylic acids is 1. The second-order valence-electron chi connectivity index (χ2n) is 4.81. The van der Waals surface area contributed by atoms with E-state index in [0.717, 1.165) is 5.56 Å². The van der Waals surface area contributed by atoms with E-state index < -0.39 is 26.6 Å². The van der Waals surface area contributed by atoms with Crippen molar-refractivity contribution in [3.05, 3.63) is 62.6 Å². The maximum atomic E-state index is 12.3. The second kappa shape index (κ2) is 7.72. The Labute approximate surface area is 154 Å². The van der Waals surface area contributed by atoms with Gasteiger partial charge in [0, 0.05) is 11.6 Å². The molecule has 0 bridgehead atoms. The largest absolute Gasteiger partial charge is 0.478 e. The topological polar surface area (TPSA) is 83.5 Å². The summed E-state index contributed by atoms with van der Waals surface area (Å²) < 4.78 is 27.0. The van der Waals surface area contributed by atoms with E-state index in [1.54, 1.807) is 24.3 Å². The van der Waals surface area contributed by atoms with Crippen molar-refractivity contribution >= 4 is 50.8 Å². The van der Waals surface area contributed by atoms with E-state index in [9.17, 15) is 13.2 Å². The van der Waals surface area contributed by atoms with Crippen LogP contribution in [-0.2, 0) is 16.4 Å². The summed E-state index contributed by atoms with van der Waals surface area (Å²) in [7, 11) is -3.97. The summed E-state index contributed by atoms with van der Waals surface area (Å²) in [6.45, 7) is 0.116. The number of benzene rings is 2. The van der Waals surface area contributed by atoms with Crippen LogP contribution in [-0.4, -0.2) is 26.0 Å². The van der Waals surface area contributed by atoms with Gasteiger partial charge in [-0.25, -0.2) is 17.9 Å². The average Bonchev–Trinajstić information content (AvgIpc) is 2.48. The number of halogens is 3. The molecule has 0 heterocycles. The lowest BCUT2D eigenvalue weighted by Crippen LogP contribution is -2.26. The number of nitrogens with one attached hydrogen (secondary N) is 1. The normalized spacial score (nSPS) is 11.5. The van der Waals surface area contributed by atoms with Crippen LogP contribution in [0.1, 0.15) is 15.9 Å². The predicted octanol–water partition coefficient (Wildman–Crippen LogP) is 3.87. The van der Waals surface area contributed by atoms with Gasteiger partial charge < -0.3 is 5.11 Å². The van der Waals surface area contributed by atoms with E-state index in [0.29, 0.717) is 11.4 Å². The van der Waals surface area contributed by atoms with Crippen molar-refractivity contribution < 1.29 is 18.3 Å². The predicted molar refractivity (Wildman–Crippen MR) is 93.8 cm³/mol. The smallest absolute Gasteiger partial charge is 0.338 e. The third-order valence-electron chi connectivity index (χ3n) is 3.18. The number of sulfonamides is 1. The minimum Gasteiger partial charge on any atom is -0.478 e. The summed E-state index contributed by atoms with van der Waals surface area (Å²) >= 11 is 17.4. The van der Waals surface area contributed by atoms with Gasteiger partial charge in [-0.05, 0) is 36.2 Å². The van der Waals surface area contributed by atoms with Crippen LogP contribution in [0.5, 0.6) is 0 Å². The van der Waals surface area contributed by atoms with E-state index in [-0.39, 0.29) is 16.5 Å². The summed E-state index contributed by atoms with van der Waals surface area (Å²) in [6, 6.07) is 9.34. The first kappa shape index (κ1) is 19.0. The Hall–Kier alpha value is -1.31. The molecule has 0 aliphatic rings. The fourth-order valence-electron chi connectivity index (χ4n) is 2.00. The lowest BCUT2D eigenvalue weighted by Gasteiger charge is -2.11. The molecular formula is C15H12Cl3NO4S. The maximum Gasteiger partial charge on any atom is 0.338 e. The molecule has 0 aliphatic carbocycles. The van der Waals surface area contributed by atoms with E-state index in [2.05, 4.69) is 4.72 Å². The summed E-state index contributed by atoms with van der Waals surface area (Å²) in [5.41, 5.74) is 0.453.